The lowest BCUT2D eigenvalue weighted by molar-refractivity contribution is 0.0316. The van der Waals surface area contributed by atoms with Crippen LogP contribution in [0.15, 0.2) is 48.8 Å². The highest BCUT2D eigenvalue weighted by Crippen LogP contribution is 2.21. The summed E-state index contributed by atoms with van der Waals surface area (Å²) in [4.78, 5) is 40.2. The highest BCUT2D eigenvalue weighted by atomic mass is 16.5. The summed E-state index contributed by atoms with van der Waals surface area (Å²) in [5, 5.41) is 0. The number of ether oxygens (including phenoxy) is 2. The Labute approximate surface area is 168 Å². The second-order valence-corrected chi connectivity index (χ2v) is 6.67. The Bertz CT molecular complexity index is 1060. The maximum absolute atomic E-state index is 12.8. The average molecular weight is 394 g/mol. The van der Waals surface area contributed by atoms with E-state index in [9.17, 15) is 14.4 Å². The molecule has 150 valence electrons. The Morgan fingerprint density at radius 2 is 1.72 bits per heavy atom. The molecular formula is C22H22N2O5. The predicted octanol–water partition coefficient (Wildman–Crippen LogP) is 3.64. The number of carbonyl (C=O) groups excluding carboxylic acids is 3. The van der Waals surface area contributed by atoms with E-state index in [1.54, 1.807) is 32.0 Å². The van der Waals surface area contributed by atoms with E-state index >= 15 is 0 Å². The van der Waals surface area contributed by atoms with Crippen LogP contribution in [0.5, 0.6) is 0 Å². The minimum atomic E-state index is -1.03. The molecule has 3 aromatic rings. The number of hydrogen-bond donors (Lipinski definition) is 1. The van der Waals surface area contributed by atoms with Crippen molar-refractivity contribution in [1.29, 1.82) is 0 Å². The number of aromatic nitrogens is 2. The maximum Gasteiger partial charge on any atom is 0.339 e. The molecule has 0 spiro atoms. The first-order valence-corrected chi connectivity index (χ1v) is 9.09. The SMILES string of the molecule is COC(=O)c1c(C)[nH]c(C(=O)C(C)OC(=O)c2cccc(-n3cccc3)c2)c1C. The van der Waals surface area contributed by atoms with Crippen LogP contribution in [-0.4, -0.2) is 40.5 Å². The molecule has 1 unspecified atom stereocenters. The van der Waals surface area contributed by atoms with Gasteiger partial charge in [-0.15, -0.1) is 0 Å². The first-order chi connectivity index (χ1) is 13.8. The molecule has 1 aromatic carbocycles. The standard InChI is InChI=1S/C22H22N2O5/c1-13-18(22(27)28-4)14(2)23-19(13)20(25)15(3)29-21(26)16-8-7-9-17(12-16)24-10-5-6-11-24/h5-12,15,23H,1-4H3. The monoisotopic (exact) mass is 394 g/mol. The van der Waals surface area contributed by atoms with Crippen LogP contribution in [-0.2, 0) is 9.47 Å². The smallest absolute Gasteiger partial charge is 0.339 e. The quantitative estimate of drug-likeness (QED) is 0.509. The third-order valence-electron chi connectivity index (χ3n) is 4.71. The molecule has 0 radical (unpaired) electrons. The fraction of sp³-hybridized carbons (Fsp3) is 0.227. The fourth-order valence-corrected chi connectivity index (χ4v) is 3.19. The summed E-state index contributed by atoms with van der Waals surface area (Å²) in [5.41, 5.74) is 2.68. The van der Waals surface area contributed by atoms with E-state index in [1.165, 1.54) is 14.0 Å². The Morgan fingerprint density at radius 3 is 2.38 bits per heavy atom. The summed E-state index contributed by atoms with van der Waals surface area (Å²) in [7, 11) is 1.28. The largest absolute Gasteiger partial charge is 0.465 e. The third-order valence-corrected chi connectivity index (χ3v) is 4.71. The maximum atomic E-state index is 12.8. The van der Waals surface area contributed by atoms with Gasteiger partial charge in [0.1, 0.15) is 0 Å². The lowest BCUT2D eigenvalue weighted by Crippen LogP contribution is -2.25. The van der Waals surface area contributed by atoms with Gasteiger partial charge in [0.2, 0.25) is 5.78 Å². The predicted molar refractivity (Wildman–Crippen MR) is 107 cm³/mol. The van der Waals surface area contributed by atoms with E-state index in [1.807, 2.05) is 35.2 Å². The van der Waals surface area contributed by atoms with Crippen molar-refractivity contribution in [3.05, 3.63) is 76.9 Å². The van der Waals surface area contributed by atoms with E-state index < -0.39 is 23.8 Å². The summed E-state index contributed by atoms with van der Waals surface area (Å²) >= 11 is 0. The molecule has 0 amide bonds. The number of H-pyrrole nitrogens is 1. The first-order valence-electron chi connectivity index (χ1n) is 9.09. The molecule has 0 saturated carbocycles. The van der Waals surface area contributed by atoms with Gasteiger partial charge in [0.05, 0.1) is 23.9 Å². The molecule has 1 N–H and O–H groups in total. The van der Waals surface area contributed by atoms with Gasteiger partial charge in [0.25, 0.3) is 0 Å². The fourth-order valence-electron chi connectivity index (χ4n) is 3.19. The van der Waals surface area contributed by atoms with Crippen molar-refractivity contribution in [2.75, 3.05) is 7.11 Å². The highest BCUT2D eigenvalue weighted by Gasteiger charge is 2.27. The Morgan fingerprint density at radius 1 is 1.03 bits per heavy atom. The summed E-state index contributed by atoms with van der Waals surface area (Å²) in [6, 6.07) is 10.7. The summed E-state index contributed by atoms with van der Waals surface area (Å²) in [6.07, 6.45) is 2.71. The number of hydrogen-bond acceptors (Lipinski definition) is 5. The van der Waals surface area contributed by atoms with Gasteiger partial charge in [0, 0.05) is 23.8 Å². The van der Waals surface area contributed by atoms with Crippen molar-refractivity contribution in [3.63, 3.8) is 0 Å². The number of rotatable bonds is 6. The van der Waals surface area contributed by atoms with E-state index in [2.05, 4.69) is 4.98 Å². The lowest BCUT2D eigenvalue weighted by Gasteiger charge is -2.13. The number of ketones is 1. The van der Waals surface area contributed by atoms with Crippen molar-refractivity contribution in [2.45, 2.75) is 26.9 Å². The number of Topliss-reactive ketones (excluding diaryl/α,β-unsaturated/α-hetero) is 1. The summed E-state index contributed by atoms with van der Waals surface area (Å²) in [5.74, 6) is -1.55. The number of aryl methyl sites for hydroxylation is 1. The number of nitrogens with zero attached hydrogens (tertiary/aromatic N) is 1. The second kappa shape index (κ2) is 8.18. The molecule has 0 aliphatic rings. The molecule has 3 rings (SSSR count). The van der Waals surface area contributed by atoms with E-state index in [0.717, 1.165) is 5.69 Å². The zero-order chi connectivity index (χ0) is 21.1. The van der Waals surface area contributed by atoms with Crippen LogP contribution in [0.25, 0.3) is 5.69 Å². The second-order valence-electron chi connectivity index (χ2n) is 6.67. The molecule has 0 aliphatic heterocycles. The Kier molecular flexibility index (Phi) is 5.68. The van der Waals surface area contributed by atoms with Crippen LogP contribution in [0.2, 0.25) is 0 Å². The van der Waals surface area contributed by atoms with E-state index in [0.29, 0.717) is 22.4 Å². The zero-order valence-electron chi connectivity index (χ0n) is 16.7. The zero-order valence-corrected chi connectivity index (χ0v) is 16.7. The number of esters is 2. The van der Waals surface area contributed by atoms with Crippen molar-refractivity contribution in [2.24, 2.45) is 0 Å². The molecule has 2 aromatic heterocycles. The molecule has 0 saturated heterocycles. The highest BCUT2D eigenvalue weighted by molar-refractivity contribution is 6.04. The first kappa shape index (κ1) is 20.1. The molecular weight excluding hydrogens is 372 g/mol. The number of methoxy groups -OCH3 is 1. The molecule has 0 bridgehead atoms. The molecule has 2 heterocycles. The van der Waals surface area contributed by atoms with Crippen LogP contribution in [0.1, 0.15) is 49.4 Å². The van der Waals surface area contributed by atoms with Gasteiger partial charge < -0.3 is 19.0 Å². The molecule has 7 nitrogen and oxygen atoms in total. The minimum absolute atomic E-state index is 0.226. The molecule has 7 heteroatoms. The van der Waals surface area contributed by atoms with Crippen molar-refractivity contribution in [1.82, 2.24) is 9.55 Å². The van der Waals surface area contributed by atoms with E-state index in [4.69, 9.17) is 9.47 Å². The molecule has 0 aliphatic carbocycles. The van der Waals surface area contributed by atoms with Crippen molar-refractivity contribution < 1.29 is 23.9 Å². The molecule has 29 heavy (non-hydrogen) atoms. The van der Waals surface area contributed by atoms with Crippen LogP contribution in [0.4, 0.5) is 0 Å². The minimum Gasteiger partial charge on any atom is -0.465 e. The van der Waals surface area contributed by atoms with Crippen molar-refractivity contribution in [3.8, 4) is 5.69 Å². The van der Waals surface area contributed by atoms with Crippen LogP contribution in [0.3, 0.4) is 0 Å². The van der Waals surface area contributed by atoms with Gasteiger partial charge in [-0.05, 0) is 56.7 Å². The normalized spacial score (nSPS) is 11.7. The van der Waals surface area contributed by atoms with Gasteiger partial charge in [-0.3, -0.25) is 4.79 Å². The lowest BCUT2D eigenvalue weighted by atomic mass is 10.1. The number of nitrogens with one attached hydrogen (secondary N) is 1. The van der Waals surface area contributed by atoms with Gasteiger partial charge in [-0.25, -0.2) is 9.59 Å². The third kappa shape index (κ3) is 3.99. The number of aromatic amines is 1. The van der Waals surface area contributed by atoms with Gasteiger partial charge in [-0.2, -0.15) is 0 Å². The average Bonchev–Trinajstić information content (AvgIpc) is 3.35. The molecule has 1 atom stereocenters. The van der Waals surface area contributed by atoms with Crippen molar-refractivity contribution >= 4 is 17.7 Å². The summed E-state index contributed by atoms with van der Waals surface area (Å²) < 4.78 is 12.0. The van der Waals surface area contributed by atoms with Gasteiger partial charge >= 0.3 is 11.9 Å². The topological polar surface area (TPSA) is 90.4 Å². The van der Waals surface area contributed by atoms with Crippen LogP contribution < -0.4 is 0 Å². The number of carbonyl (C=O) groups is 3. The summed E-state index contributed by atoms with van der Waals surface area (Å²) in [6.45, 7) is 4.83. The van der Waals surface area contributed by atoms with Gasteiger partial charge in [-0.1, -0.05) is 6.07 Å². The van der Waals surface area contributed by atoms with Crippen LogP contribution in [0, 0.1) is 13.8 Å². The molecule has 0 fully saturated rings. The van der Waals surface area contributed by atoms with E-state index in [-0.39, 0.29) is 5.69 Å². The Hall–Kier alpha value is -3.61. The van der Waals surface area contributed by atoms with Crippen LogP contribution >= 0.6 is 0 Å². The van der Waals surface area contributed by atoms with Gasteiger partial charge in [0.15, 0.2) is 6.10 Å². The Balaban J connectivity index is 1.78. The number of benzene rings is 1.